The molecule has 3 heteroatoms. The largest absolute Gasteiger partial charge is 0.385 e. The van der Waals surface area contributed by atoms with Gasteiger partial charge in [0.15, 0.2) is 0 Å². The zero-order chi connectivity index (χ0) is 10.2. The van der Waals surface area contributed by atoms with E-state index in [-0.39, 0.29) is 6.10 Å². The maximum Gasteiger partial charge on any atom is 0.111 e. The Morgan fingerprint density at radius 2 is 2.00 bits per heavy atom. The number of nitrogens with zero attached hydrogens (tertiary/aromatic N) is 1. The van der Waals surface area contributed by atoms with E-state index < -0.39 is 11.0 Å². The van der Waals surface area contributed by atoms with Crippen LogP contribution in [0.2, 0.25) is 0 Å². The number of ether oxygens (including phenoxy) is 1. The van der Waals surface area contributed by atoms with Crippen LogP contribution in [0, 0.1) is 16.7 Å². The monoisotopic (exact) mass is 195 g/mol. The zero-order valence-corrected chi connectivity index (χ0v) is 8.62. The summed E-state index contributed by atoms with van der Waals surface area (Å²) < 4.78 is 5.41. The first-order chi connectivity index (χ1) is 6.65. The van der Waals surface area contributed by atoms with Crippen LogP contribution >= 0.6 is 0 Å². The van der Waals surface area contributed by atoms with Crippen molar-refractivity contribution in [2.45, 2.75) is 50.7 Å². The van der Waals surface area contributed by atoms with E-state index in [4.69, 9.17) is 4.74 Å². The quantitative estimate of drug-likeness (QED) is 0.691. The Balaban J connectivity index is 2.31. The Morgan fingerprint density at radius 3 is 2.43 bits per heavy atom. The van der Waals surface area contributed by atoms with Crippen molar-refractivity contribution in [1.29, 1.82) is 5.26 Å². The number of nitriles is 1. The van der Waals surface area contributed by atoms with Gasteiger partial charge >= 0.3 is 0 Å². The lowest BCUT2D eigenvalue weighted by molar-refractivity contribution is -0.0954. The second-order valence-electron chi connectivity index (χ2n) is 4.59. The van der Waals surface area contributed by atoms with E-state index in [1.165, 1.54) is 0 Å². The summed E-state index contributed by atoms with van der Waals surface area (Å²) in [4.78, 5) is 0. The first-order valence-electron chi connectivity index (χ1n) is 5.40. The van der Waals surface area contributed by atoms with Crippen LogP contribution in [0.4, 0.5) is 0 Å². The van der Waals surface area contributed by atoms with Crippen LogP contribution < -0.4 is 0 Å². The summed E-state index contributed by atoms with van der Waals surface area (Å²) in [5, 5.41) is 19.9. The lowest BCUT2D eigenvalue weighted by atomic mass is 9.68. The van der Waals surface area contributed by atoms with Crippen LogP contribution in [0.25, 0.3) is 0 Å². The van der Waals surface area contributed by atoms with Gasteiger partial charge in [-0.25, -0.2) is 0 Å². The van der Waals surface area contributed by atoms with Crippen molar-refractivity contribution in [3.8, 4) is 6.07 Å². The molecule has 0 radical (unpaired) electrons. The van der Waals surface area contributed by atoms with Gasteiger partial charge in [-0.15, -0.1) is 0 Å². The predicted octanol–water partition coefficient (Wildman–Crippen LogP) is 1.61. The third-order valence-electron chi connectivity index (χ3n) is 4.02. The normalized spacial score (nSPS) is 41.1. The minimum absolute atomic E-state index is 0.194. The van der Waals surface area contributed by atoms with Gasteiger partial charge in [-0.1, -0.05) is 12.8 Å². The summed E-state index contributed by atoms with van der Waals surface area (Å²) in [6, 6.07) is 2.36. The van der Waals surface area contributed by atoms with Crippen molar-refractivity contribution < 1.29 is 9.84 Å². The van der Waals surface area contributed by atoms with Crippen LogP contribution in [0.5, 0.6) is 0 Å². The van der Waals surface area contributed by atoms with Crippen LogP contribution in [-0.4, -0.2) is 23.4 Å². The molecule has 0 aromatic heterocycles. The van der Waals surface area contributed by atoms with Crippen molar-refractivity contribution in [2.75, 3.05) is 6.61 Å². The van der Waals surface area contributed by atoms with Gasteiger partial charge < -0.3 is 9.84 Å². The van der Waals surface area contributed by atoms with Gasteiger partial charge in [-0.05, 0) is 19.8 Å². The van der Waals surface area contributed by atoms with E-state index in [1.54, 1.807) is 0 Å². The van der Waals surface area contributed by atoms with Crippen molar-refractivity contribution >= 4 is 0 Å². The topological polar surface area (TPSA) is 53.2 Å². The van der Waals surface area contributed by atoms with E-state index in [0.29, 0.717) is 13.0 Å². The Labute approximate surface area is 84.7 Å². The molecule has 1 aliphatic carbocycles. The fraction of sp³-hybridized carbons (Fsp3) is 0.909. The Bertz CT molecular complexity index is 265. The van der Waals surface area contributed by atoms with E-state index in [2.05, 4.69) is 6.07 Å². The van der Waals surface area contributed by atoms with Crippen molar-refractivity contribution in [3.63, 3.8) is 0 Å². The highest BCUT2D eigenvalue weighted by molar-refractivity contribution is 5.16. The molecular formula is C11H17NO2. The van der Waals surface area contributed by atoms with Crippen molar-refractivity contribution in [1.82, 2.24) is 0 Å². The molecule has 2 rings (SSSR count). The summed E-state index contributed by atoms with van der Waals surface area (Å²) in [6.45, 7) is 2.46. The fourth-order valence-corrected chi connectivity index (χ4v) is 2.98. The average molecular weight is 195 g/mol. The molecule has 2 atom stereocenters. The molecule has 0 aromatic carbocycles. The van der Waals surface area contributed by atoms with E-state index in [9.17, 15) is 10.4 Å². The summed E-state index contributed by atoms with van der Waals surface area (Å²) in [6.07, 6.45) is 4.19. The Kier molecular flexibility index (Phi) is 2.29. The smallest absolute Gasteiger partial charge is 0.111 e. The molecule has 3 nitrogen and oxygen atoms in total. The molecular weight excluding hydrogens is 178 g/mol. The minimum Gasteiger partial charge on any atom is -0.385 e. The average Bonchev–Trinajstić information content (AvgIpc) is 2.76. The van der Waals surface area contributed by atoms with E-state index in [0.717, 1.165) is 25.7 Å². The third-order valence-corrected chi connectivity index (χ3v) is 4.02. The van der Waals surface area contributed by atoms with Crippen LogP contribution in [0.1, 0.15) is 39.0 Å². The lowest BCUT2D eigenvalue weighted by Crippen LogP contribution is -2.50. The van der Waals surface area contributed by atoms with Gasteiger partial charge in [-0.2, -0.15) is 5.26 Å². The number of rotatable bonds is 1. The lowest BCUT2D eigenvalue weighted by Gasteiger charge is -2.39. The molecule has 0 aromatic rings. The molecule has 14 heavy (non-hydrogen) atoms. The van der Waals surface area contributed by atoms with Gasteiger partial charge in [0.25, 0.3) is 0 Å². The highest BCUT2D eigenvalue weighted by atomic mass is 16.5. The molecule has 1 saturated heterocycles. The van der Waals surface area contributed by atoms with Gasteiger partial charge in [0.05, 0.1) is 17.6 Å². The zero-order valence-electron chi connectivity index (χ0n) is 8.62. The standard InChI is InChI=1S/C11H17NO2/c1-9-11(13,6-7-14-9)10(8-12)4-2-3-5-10/h9,13H,2-7H2,1H3. The molecule has 1 aliphatic heterocycles. The van der Waals surface area contributed by atoms with Gasteiger partial charge in [-0.3, -0.25) is 0 Å². The van der Waals surface area contributed by atoms with Crippen molar-refractivity contribution in [3.05, 3.63) is 0 Å². The predicted molar refractivity (Wildman–Crippen MR) is 51.5 cm³/mol. The van der Waals surface area contributed by atoms with Crippen molar-refractivity contribution in [2.24, 2.45) is 5.41 Å². The molecule has 0 spiro atoms. The van der Waals surface area contributed by atoms with Gasteiger partial charge in [0, 0.05) is 13.0 Å². The molecule has 2 unspecified atom stereocenters. The highest BCUT2D eigenvalue weighted by Gasteiger charge is 2.57. The fourth-order valence-electron chi connectivity index (χ4n) is 2.98. The molecule has 2 fully saturated rings. The first kappa shape index (κ1) is 9.95. The number of hydrogen-bond acceptors (Lipinski definition) is 3. The SMILES string of the molecule is CC1OCCC1(O)C1(C#N)CCCC1. The Morgan fingerprint density at radius 1 is 1.36 bits per heavy atom. The second kappa shape index (κ2) is 3.22. The number of hydrogen-bond donors (Lipinski definition) is 1. The summed E-state index contributed by atoms with van der Waals surface area (Å²) in [5.74, 6) is 0. The molecule has 0 bridgehead atoms. The third kappa shape index (κ3) is 1.11. The minimum atomic E-state index is -0.905. The molecule has 1 saturated carbocycles. The Hall–Kier alpha value is -0.590. The number of aliphatic hydroxyl groups is 1. The van der Waals surface area contributed by atoms with Crippen LogP contribution in [0.15, 0.2) is 0 Å². The maximum absolute atomic E-state index is 10.6. The molecule has 0 amide bonds. The van der Waals surface area contributed by atoms with E-state index in [1.807, 2.05) is 6.92 Å². The molecule has 2 aliphatic rings. The molecule has 78 valence electrons. The van der Waals surface area contributed by atoms with Crippen LogP contribution in [-0.2, 0) is 4.74 Å². The molecule has 1 N–H and O–H groups in total. The first-order valence-corrected chi connectivity index (χ1v) is 5.40. The van der Waals surface area contributed by atoms with E-state index >= 15 is 0 Å². The molecule has 1 heterocycles. The maximum atomic E-state index is 10.6. The summed E-state index contributed by atoms with van der Waals surface area (Å²) in [7, 11) is 0. The summed E-state index contributed by atoms with van der Waals surface area (Å²) in [5.41, 5.74) is -1.44. The highest BCUT2D eigenvalue weighted by Crippen LogP contribution is 2.51. The van der Waals surface area contributed by atoms with Gasteiger partial charge in [0.2, 0.25) is 0 Å². The second-order valence-corrected chi connectivity index (χ2v) is 4.59. The van der Waals surface area contributed by atoms with Crippen LogP contribution in [0.3, 0.4) is 0 Å². The van der Waals surface area contributed by atoms with Gasteiger partial charge in [0.1, 0.15) is 5.60 Å². The summed E-state index contributed by atoms with van der Waals surface area (Å²) >= 11 is 0.